The van der Waals surface area contributed by atoms with Crippen molar-refractivity contribution in [3.63, 3.8) is 0 Å². The van der Waals surface area contributed by atoms with Crippen molar-refractivity contribution in [2.75, 3.05) is 0 Å². The summed E-state index contributed by atoms with van der Waals surface area (Å²) in [6.07, 6.45) is 3.35. The molecule has 0 aliphatic carbocycles. The van der Waals surface area contributed by atoms with Crippen LogP contribution in [-0.2, 0) is 0 Å². The van der Waals surface area contributed by atoms with E-state index in [0.717, 1.165) is 5.39 Å². The molecule has 0 atom stereocenters. The van der Waals surface area contributed by atoms with Crippen LogP contribution in [-0.4, -0.2) is 4.98 Å². The van der Waals surface area contributed by atoms with Crippen molar-refractivity contribution in [2.24, 2.45) is 0 Å². The highest BCUT2D eigenvalue weighted by Crippen LogP contribution is 2.09. The Kier molecular flexibility index (Phi) is 0.803. The second-order valence-corrected chi connectivity index (χ2v) is 1.82. The van der Waals surface area contributed by atoms with E-state index in [9.17, 15) is 0 Å². The van der Waals surface area contributed by atoms with Gasteiger partial charge in [0.1, 0.15) is 0 Å². The first-order valence-electron chi connectivity index (χ1n) is 2.75. The van der Waals surface area contributed by atoms with E-state index in [1.807, 2.05) is 18.2 Å². The fourth-order valence-electron chi connectivity index (χ4n) is 0.800. The fraction of sp³-hybridized carbons (Fsp3) is 0. The summed E-state index contributed by atoms with van der Waals surface area (Å²) in [5.74, 6) is 0. The summed E-state index contributed by atoms with van der Waals surface area (Å²) in [7, 11) is 0. The third-order valence-electron chi connectivity index (χ3n) is 1.23. The minimum atomic E-state index is 0.706. The summed E-state index contributed by atoms with van der Waals surface area (Å²) < 4.78 is 5.01. The second-order valence-electron chi connectivity index (χ2n) is 1.82. The van der Waals surface area contributed by atoms with Crippen LogP contribution in [0.4, 0.5) is 0 Å². The molecule has 2 aromatic rings. The molecule has 0 spiro atoms. The van der Waals surface area contributed by atoms with Gasteiger partial charge in [0, 0.05) is 11.6 Å². The van der Waals surface area contributed by atoms with Gasteiger partial charge in [0.15, 0.2) is 0 Å². The monoisotopic (exact) mass is 119 g/mol. The Balaban J connectivity index is 2.95. The average molecular weight is 119 g/mol. The molecule has 0 unspecified atom stereocenters. The predicted octanol–water partition coefficient (Wildman–Crippen LogP) is 1.83. The summed E-state index contributed by atoms with van der Waals surface area (Å²) in [6.45, 7) is 0. The van der Waals surface area contributed by atoms with E-state index in [4.69, 9.17) is 4.42 Å². The van der Waals surface area contributed by atoms with Crippen LogP contribution in [0.2, 0.25) is 0 Å². The number of rotatable bonds is 0. The SMILES string of the molecule is c1cnc2occc2c1. The van der Waals surface area contributed by atoms with E-state index in [-0.39, 0.29) is 0 Å². The lowest BCUT2D eigenvalue weighted by atomic mass is 10.4. The summed E-state index contributed by atoms with van der Waals surface area (Å²) in [6, 6.07) is 5.74. The van der Waals surface area contributed by atoms with Gasteiger partial charge in [0.25, 0.3) is 0 Å². The highest BCUT2D eigenvalue weighted by atomic mass is 16.3. The lowest BCUT2D eigenvalue weighted by Crippen LogP contribution is -1.66. The lowest BCUT2D eigenvalue weighted by Gasteiger charge is -1.80. The van der Waals surface area contributed by atoms with Crippen molar-refractivity contribution < 1.29 is 4.42 Å². The van der Waals surface area contributed by atoms with Crippen molar-refractivity contribution >= 4 is 11.1 Å². The smallest absolute Gasteiger partial charge is 0.225 e. The van der Waals surface area contributed by atoms with E-state index >= 15 is 0 Å². The quantitative estimate of drug-likeness (QED) is 0.528. The lowest BCUT2D eigenvalue weighted by molar-refractivity contribution is 0.603. The largest absolute Gasteiger partial charge is 0.446 e. The van der Waals surface area contributed by atoms with Gasteiger partial charge in [-0.3, -0.25) is 0 Å². The Morgan fingerprint density at radius 1 is 1.33 bits per heavy atom. The van der Waals surface area contributed by atoms with Crippen molar-refractivity contribution in [1.29, 1.82) is 0 Å². The highest BCUT2D eigenvalue weighted by molar-refractivity contribution is 5.72. The van der Waals surface area contributed by atoms with E-state index in [1.165, 1.54) is 0 Å². The number of pyridine rings is 1. The van der Waals surface area contributed by atoms with E-state index in [2.05, 4.69) is 4.98 Å². The number of furan rings is 1. The molecule has 0 N–H and O–H groups in total. The van der Waals surface area contributed by atoms with Crippen molar-refractivity contribution in [3.05, 3.63) is 30.7 Å². The van der Waals surface area contributed by atoms with Gasteiger partial charge in [-0.05, 0) is 18.2 Å². The van der Waals surface area contributed by atoms with Crippen LogP contribution in [0.3, 0.4) is 0 Å². The number of fused-ring (bicyclic) bond motifs is 1. The highest BCUT2D eigenvalue weighted by Gasteiger charge is 1.91. The molecule has 0 saturated carbocycles. The van der Waals surface area contributed by atoms with Gasteiger partial charge in [0.2, 0.25) is 5.71 Å². The summed E-state index contributed by atoms with van der Waals surface area (Å²) in [4.78, 5) is 3.97. The minimum absolute atomic E-state index is 0.706. The van der Waals surface area contributed by atoms with Gasteiger partial charge in [0.05, 0.1) is 6.26 Å². The van der Waals surface area contributed by atoms with Gasteiger partial charge in [-0.15, -0.1) is 0 Å². The second kappa shape index (κ2) is 1.58. The molecule has 44 valence electrons. The average Bonchev–Trinajstić information content (AvgIpc) is 2.33. The Bertz CT molecular complexity index is 283. The molecule has 2 aromatic heterocycles. The number of aromatic nitrogens is 1. The summed E-state index contributed by atoms with van der Waals surface area (Å²) >= 11 is 0. The molecule has 0 fully saturated rings. The van der Waals surface area contributed by atoms with Crippen molar-refractivity contribution in [2.45, 2.75) is 0 Å². The fourth-order valence-corrected chi connectivity index (χ4v) is 0.800. The van der Waals surface area contributed by atoms with Gasteiger partial charge >= 0.3 is 0 Å². The first-order chi connectivity index (χ1) is 4.47. The van der Waals surface area contributed by atoms with Crippen LogP contribution in [0, 0.1) is 0 Å². The van der Waals surface area contributed by atoms with Gasteiger partial charge in [-0.1, -0.05) is 0 Å². The molecule has 0 amide bonds. The zero-order chi connectivity index (χ0) is 6.10. The van der Waals surface area contributed by atoms with Crippen LogP contribution >= 0.6 is 0 Å². The number of hydrogen-bond donors (Lipinski definition) is 0. The molecule has 0 aliphatic rings. The van der Waals surface area contributed by atoms with Crippen molar-refractivity contribution in [3.8, 4) is 0 Å². The molecule has 0 saturated heterocycles. The van der Waals surface area contributed by atoms with Crippen LogP contribution in [0.25, 0.3) is 11.1 Å². The molecule has 0 aliphatic heterocycles. The molecule has 0 bridgehead atoms. The van der Waals surface area contributed by atoms with Gasteiger partial charge < -0.3 is 4.42 Å². The molecule has 2 heteroatoms. The molecular formula is C7H5NO. The van der Waals surface area contributed by atoms with E-state index < -0.39 is 0 Å². The zero-order valence-corrected chi connectivity index (χ0v) is 4.74. The maximum absolute atomic E-state index is 5.01. The molecular weight excluding hydrogens is 114 g/mol. The topological polar surface area (TPSA) is 26.0 Å². The Hall–Kier alpha value is -1.31. The van der Waals surface area contributed by atoms with Crippen LogP contribution < -0.4 is 0 Å². The van der Waals surface area contributed by atoms with Crippen LogP contribution in [0.15, 0.2) is 35.1 Å². The molecule has 2 rings (SSSR count). The molecule has 2 heterocycles. The summed E-state index contributed by atoms with van der Waals surface area (Å²) in [5.41, 5.74) is 0.706. The van der Waals surface area contributed by atoms with E-state index in [0.29, 0.717) is 5.71 Å². The predicted molar refractivity (Wildman–Crippen MR) is 34.0 cm³/mol. The molecule has 2 nitrogen and oxygen atoms in total. The molecule has 0 radical (unpaired) electrons. The molecule has 0 aromatic carbocycles. The first-order valence-corrected chi connectivity index (χ1v) is 2.75. The maximum atomic E-state index is 5.01. The van der Waals surface area contributed by atoms with Gasteiger partial charge in [-0.25, -0.2) is 4.98 Å². The van der Waals surface area contributed by atoms with Crippen LogP contribution in [0.1, 0.15) is 0 Å². The molecule has 9 heavy (non-hydrogen) atoms. The maximum Gasteiger partial charge on any atom is 0.225 e. The first kappa shape index (κ1) is 4.56. The zero-order valence-electron chi connectivity index (χ0n) is 4.74. The Morgan fingerprint density at radius 2 is 2.33 bits per heavy atom. The normalized spacial score (nSPS) is 10.2. The van der Waals surface area contributed by atoms with E-state index in [1.54, 1.807) is 12.5 Å². The Labute approximate surface area is 52.1 Å². The van der Waals surface area contributed by atoms with Crippen LogP contribution in [0.5, 0.6) is 0 Å². The number of hydrogen-bond acceptors (Lipinski definition) is 2. The third-order valence-corrected chi connectivity index (χ3v) is 1.23. The minimum Gasteiger partial charge on any atom is -0.446 e. The summed E-state index contributed by atoms with van der Waals surface area (Å²) in [5, 5.41) is 1.05. The Morgan fingerprint density at radius 3 is 3.22 bits per heavy atom. The standard InChI is InChI=1S/C7H5NO/c1-2-6-3-5-9-7(6)8-4-1/h1-5H. The van der Waals surface area contributed by atoms with Crippen molar-refractivity contribution in [1.82, 2.24) is 4.98 Å². The van der Waals surface area contributed by atoms with Gasteiger partial charge in [-0.2, -0.15) is 0 Å². The third kappa shape index (κ3) is 0.598. The number of nitrogens with zero attached hydrogens (tertiary/aromatic N) is 1.